The van der Waals surface area contributed by atoms with Gasteiger partial charge < -0.3 is 21.5 Å². The number of phenols is 1. The van der Waals surface area contributed by atoms with Crippen molar-refractivity contribution >= 4 is 17.5 Å². The lowest BCUT2D eigenvalue weighted by Gasteiger charge is -2.29. The number of nitrogen functional groups attached to an aromatic ring is 1. The highest BCUT2D eigenvalue weighted by Crippen LogP contribution is 2.14. The molecule has 2 atom stereocenters. The van der Waals surface area contributed by atoms with E-state index in [2.05, 4.69) is 10.6 Å². The molecule has 2 aromatic carbocycles. The summed E-state index contributed by atoms with van der Waals surface area (Å²) in [7, 11) is 0. The van der Waals surface area contributed by atoms with E-state index in [1.807, 2.05) is 12.1 Å². The fourth-order valence-electron chi connectivity index (χ4n) is 2.72. The normalized spacial score (nSPS) is 20.3. The number of phenolic OH excluding ortho intramolecular Hbond substituents is 1. The molecule has 24 heavy (non-hydrogen) atoms. The first-order valence-electron chi connectivity index (χ1n) is 7.74. The van der Waals surface area contributed by atoms with E-state index in [1.54, 1.807) is 36.4 Å². The molecule has 0 aromatic heterocycles. The van der Waals surface area contributed by atoms with Gasteiger partial charge in [0.25, 0.3) is 0 Å². The standard InChI is InChI=1S/C18H19N3O3/c19-13-5-1-11(2-6-13)9-15-17(23)21-16(18(24)20-15)10-12-3-7-14(22)8-4-12/h1-8,15-16,22H,9-10,19H2,(H,20,24)(H,21,23)/t15-,16-/m0/s1. The molecule has 1 heterocycles. The minimum absolute atomic E-state index is 0.166. The van der Waals surface area contributed by atoms with Crippen molar-refractivity contribution < 1.29 is 14.7 Å². The van der Waals surface area contributed by atoms with Crippen LogP contribution in [0, 0.1) is 0 Å². The summed E-state index contributed by atoms with van der Waals surface area (Å²) < 4.78 is 0. The fraction of sp³-hybridized carbons (Fsp3) is 0.222. The average Bonchev–Trinajstić information content (AvgIpc) is 2.56. The van der Waals surface area contributed by atoms with Crippen molar-refractivity contribution in [2.75, 3.05) is 5.73 Å². The van der Waals surface area contributed by atoms with Gasteiger partial charge in [0.05, 0.1) is 0 Å². The van der Waals surface area contributed by atoms with Gasteiger partial charge in [-0.2, -0.15) is 0 Å². The average molecular weight is 325 g/mol. The van der Waals surface area contributed by atoms with Gasteiger partial charge in [-0.1, -0.05) is 24.3 Å². The van der Waals surface area contributed by atoms with Crippen LogP contribution in [0.5, 0.6) is 5.75 Å². The van der Waals surface area contributed by atoms with E-state index in [0.29, 0.717) is 18.5 Å². The molecule has 0 saturated carbocycles. The Morgan fingerprint density at radius 1 is 0.792 bits per heavy atom. The van der Waals surface area contributed by atoms with Crippen LogP contribution in [0.4, 0.5) is 5.69 Å². The monoisotopic (exact) mass is 325 g/mol. The van der Waals surface area contributed by atoms with Crippen LogP contribution in [0.2, 0.25) is 0 Å². The number of hydrogen-bond acceptors (Lipinski definition) is 4. The third kappa shape index (κ3) is 3.65. The molecule has 6 nitrogen and oxygen atoms in total. The van der Waals surface area contributed by atoms with Crippen LogP contribution >= 0.6 is 0 Å². The number of rotatable bonds is 4. The smallest absolute Gasteiger partial charge is 0.243 e. The van der Waals surface area contributed by atoms with Gasteiger partial charge in [0, 0.05) is 18.5 Å². The van der Waals surface area contributed by atoms with Crippen LogP contribution in [0.15, 0.2) is 48.5 Å². The molecular formula is C18H19N3O3. The number of carbonyl (C=O) groups is 2. The largest absolute Gasteiger partial charge is 0.508 e. The summed E-state index contributed by atoms with van der Waals surface area (Å²) in [6.45, 7) is 0. The van der Waals surface area contributed by atoms with Gasteiger partial charge in [0.1, 0.15) is 17.8 Å². The Hall–Kier alpha value is -3.02. The molecular weight excluding hydrogens is 306 g/mol. The van der Waals surface area contributed by atoms with Crippen LogP contribution in [0.3, 0.4) is 0 Å². The molecule has 5 N–H and O–H groups in total. The Morgan fingerprint density at radius 2 is 1.21 bits per heavy atom. The molecule has 124 valence electrons. The van der Waals surface area contributed by atoms with E-state index < -0.39 is 12.1 Å². The van der Waals surface area contributed by atoms with E-state index in [9.17, 15) is 14.7 Å². The zero-order chi connectivity index (χ0) is 17.1. The van der Waals surface area contributed by atoms with Gasteiger partial charge in [-0.05, 0) is 35.4 Å². The van der Waals surface area contributed by atoms with Gasteiger partial charge in [-0.3, -0.25) is 9.59 Å². The van der Waals surface area contributed by atoms with Crippen molar-refractivity contribution in [3.8, 4) is 5.75 Å². The number of anilines is 1. The number of piperazine rings is 1. The zero-order valence-corrected chi connectivity index (χ0v) is 13.0. The summed E-state index contributed by atoms with van der Waals surface area (Å²) >= 11 is 0. The molecule has 1 aliphatic heterocycles. The molecule has 0 bridgehead atoms. The van der Waals surface area contributed by atoms with Crippen molar-refractivity contribution in [2.24, 2.45) is 0 Å². The van der Waals surface area contributed by atoms with Crippen LogP contribution < -0.4 is 16.4 Å². The summed E-state index contributed by atoms with van der Waals surface area (Å²) in [6.07, 6.45) is 0.802. The van der Waals surface area contributed by atoms with E-state index in [4.69, 9.17) is 5.73 Å². The molecule has 0 radical (unpaired) electrons. The van der Waals surface area contributed by atoms with Gasteiger partial charge >= 0.3 is 0 Å². The molecule has 1 fully saturated rings. The molecule has 0 aliphatic carbocycles. The minimum atomic E-state index is -0.607. The molecule has 0 unspecified atom stereocenters. The van der Waals surface area contributed by atoms with Crippen molar-refractivity contribution in [3.05, 3.63) is 59.7 Å². The summed E-state index contributed by atoms with van der Waals surface area (Å²) in [5, 5.41) is 14.8. The van der Waals surface area contributed by atoms with Crippen molar-refractivity contribution in [1.29, 1.82) is 0 Å². The third-order valence-electron chi connectivity index (χ3n) is 4.06. The predicted molar refractivity (Wildman–Crippen MR) is 90.2 cm³/mol. The number of carbonyl (C=O) groups excluding carboxylic acids is 2. The lowest BCUT2D eigenvalue weighted by atomic mass is 9.98. The Balaban J connectivity index is 1.63. The lowest BCUT2D eigenvalue weighted by Crippen LogP contribution is -2.62. The van der Waals surface area contributed by atoms with Crippen LogP contribution in [-0.4, -0.2) is 29.0 Å². The summed E-state index contributed by atoms with van der Waals surface area (Å²) in [5.41, 5.74) is 8.10. The molecule has 2 aromatic rings. The second-order valence-corrected chi connectivity index (χ2v) is 5.94. The Bertz CT molecular complexity index is 676. The lowest BCUT2D eigenvalue weighted by molar-refractivity contribution is -0.136. The van der Waals surface area contributed by atoms with Gasteiger partial charge in [-0.15, -0.1) is 0 Å². The SMILES string of the molecule is Nc1ccc(C[C@@H]2NC(=O)[C@H](Cc3ccc(O)cc3)NC2=O)cc1. The number of aromatic hydroxyl groups is 1. The molecule has 2 amide bonds. The van der Waals surface area contributed by atoms with E-state index in [1.165, 1.54) is 0 Å². The van der Waals surface area contributed by atoms with Crippen molar-refractivity contribution in [2.45, 2.75) is 24.9 Å². The quantitative estimate of drug-likeness (QED) is 0.622. The summed E-state index contributed by atoms with van der Waals surface area (Å²) in [4.78, 5) is 24.5. The van der Waals surface area contributed by atoms with E-state index in [0.717, 1.165) is 11.1 Å². The number of hydrogen-bond donors (Lipinski definition) is 4. The number of nitrogens with one attached hydrogen (secondary N) is 2. The highest BCUT2D eigenvalue weighted by atomic mass is 16.3. The Morgan fingerprint density at radius 3 is 1.67 bits per heavy atom. The van der Waals surface area contributed by atoms with Crippen LogP contribution in [-0.2, 0) is 22.4 Å². The van der Waals surface area contributed by atoms with E-state index in [-0.39, 0.29) is 17.6 Å². The number of nitrogens with two attached hydrogens (primary N) is 1. The first-order chi connectivity index (χ1) is 11.5. The highest BCUT2D eigenvalue weighted by Gasteiger charge is 2.33. The first kappa shape index (κ1) is 15.9. The molecule has 3 rings (SSSR count). The summed E-state index contributed by atoms with van der Waals surface area (Å²) in [6, 6.07) is 12.6. The van der Waals surface area contributed by atoms with Crippen LogP contribution in [0.1, 0.15) is 11.1 Å². The second kappa shape index (κ2) is 6.62. The molecule has 0 spiro atoms. The molecule has 1 saturated heterocycles. The van der Waals surface area contributed by atoms with Crippen LogP contribution in [0.25, 0.3) is 0 Å². The molecule has 1 aliphatic rings. The van der Waals surface area contributed by atoms with Crippen molar-refractivity contribution in [3.63, 3.8) is 0 Å². The maximum absolute atomic E-state index is 12.3. The van der Waals surface area contributed by atoms with Crippen molar-refractivity contribution in [1.82, 2.24) is 10.6 Å². The number of amides is 2. The van der Waals surface area contributed by atoms with Gasteiger partial charge in [-0.25, -0.2) is 0 Å². The maximum atomic E-state index is 12.3. The Kier molecular flexibility index (Phi) is 4.37. The second-order valence-electron chi connectivity index (χ2n) is 5.94. The van der Waals surface area contributed by atoms with E-state index >= 15 is 0 Å². The fourth-order valence-corrected chi connectivity index (χ4v) is 2.72. The topological polar surface area (TPSA) is 104 Å². The molecule has 6 heteroatoms. The highest BCUT2D eigenvalue weighted by molar-refractivity contribution is 5.97. The third-order valence-corrected chi connectivity index (χ3v) is 4.06. The van der Waals surface area contributed by atoms with Gasteiger partial charge in [0.2, 0.25) is 11.8 Å². The van der Waals surface area contributed by atoms with Gasteiger partial charge in [0.15, 0.2) is 0 Å². The Labute approximate surface area is 139 Å². The zero-order valence-electron chi connectivity index (χ0n) is 13.0. The minimum Gasteiger partial charge on any atom is -0.508 e. The maximum Gasteiger partial charge on any atom is 0.243 e. The summed E-state index contributed by atoms with van der Waals surface area (Å²) in [5.74, 6) is -0.238. The number of benzene rings is 2. The predicted octanol–water partition coefficient (Wildman–Crippen LogP) is 0.743. The first-order valence-corrected chi connectivity index (χ1v) is 7.74.